The summed E-state index contributed by atoms with van der Waals surface area (Å²) in [6.45, 7) is 1.90. The van der Waals surface area contributed by atoms with Crippen LogP contribution in [0.25, 0.3) is 16.8 Å². The molecule has 0 unspecified atom stereocenters. The van der Waals surface area contributed by atoms with E-state index >= 15 is 0 Å². The van der Waals surface area contributed by atoms with Gasteiger partial charge >= 0.3 is 5.97 Å². The Morgan fingerprint density at radius 2 is 1.85 bits per heavy atom. The van der Waals surface area contributed by atoms with Crippen LogP contribution in [0, 0.1) is 3.57 Å². The molecule has 1 fully saturated rings. The Morgan fingerprint density at radius 3 is 2.58 bits per heavy atom. The minimum Gasteiger partial charge on any atom is -0.488 e. The fraction of sp³-hybridized carbons (Fsp3) is 0.160. The summed E-state index contributed by atoms with van der Waals surface area (Å²) in [4.78, 5) is 37.9. The van der Waals surface area contributed by atoms with E-state index < -0.39 is 23.2 Å². The van der Waals surface area contributed by atoms with E-state index in [4.69, 9.17) is 4.74 Å². The summed E-state index contributed by atoms with van der Waals surface area (Å²) in [6, 6.07) is 19.0. The van der Waals surface area contributed by atoms with Crippen molar-refractivity contribution in [3.8, 4) is 5.75 Å². The Balaban J connectivity index is 1.47. The van der Waals surface area contributed by atoms with Crippen LogP contribution >= 0.6 is 34.4 Å². The van der Waals surface area contributed by atoms with Crippen molar-refractivity contribution in [2.24, 2.45) is 0 Å². The number of fused-ring (bicyclic) bond motifs is 1. The summed E-state index contributed by atoms with van der Waals surface area (Å²) in [6.07, 6.45) is 1.64. The Kier molecular flexibility index (Phi) is 7.04. The Labute approximate surface area is 209 Å². The molecule has 33 heavy (non-hydrogen) atoms. The average molecular weight is 573 g/mol. The number of rotatable bonds is 6. The van der Waals surface area contributed by atoms with Crippen molar-refractivity contribution >= 4 is 68.3 Å². The zero-order chi connectivity index (χ0) is 23.5. The summed E-state index contributed by atoms with van der Waals surface area (Å²) in [7, 11) is 1.22. The lowest BCUT2D eigenvalue weighted by molar-refractivity contribution is -0.148. The quantitative estimate of drug-likeness (QED) is 0.217. The van der Waals surface area contributed by atoms with E-state index in [0.717, 1.165) is 37.1 Å². The first-order valence-electron chi connectivity index (χ1n) is 10.1. The van der Waals surface area contributed by atoms with Gasteiger partial charge in [0, 0.05) is 0 Å². The first kappa shape index (κ1) is 23.3. The second kappa shape index (κ2) is 9.96. The third kappa shape index (κ3) is 5.06. The smallest absolute Gasteiger partial charge is 0.328 e. The molecule has 0 N–H and O–H groups in total. The van der Waals surface area contributed by atoms with Gasteiger partial charge in [0.15, 0.2) is 0 Å². The molecule has 0 bridgehead atoms. The number of esters is 1. The molecular formula is C25H20INO5S. The number of halogens is 1. The Hall–Kier alpha value is -2.85. The molecule has 1 saturated heterocycles. The summed E-state index contributed by atoms with van der Waals surface area (Å²) >= 11 is 2.99. The molecule has 0 radical (unpaired) electrons. The maximum absolute atomic E-state index is 12.7. The van der Waals surface area contributed by atoms with Gasteiger partial charge in [-0.2, -0.15) is 0 Å². The lowest BCUT2D eigenvalue weighted by Crippen LogP contribution is -2.42. The lowest BCUT2D eigenvalue weighted by Gasteiger charge is -2.18. The van der Waals surface area contributed by atoms with E-state index in [-0.39, 0.29) is 4.91 Å². The molecule has 0 spiro atoms. The fourth-order valence-corrected chi connectivity index (χ4v) is 5.06. The van der Waals surface area contributed by atoms with E-state index in [9.17, 15) is 14.4 Å². The van der Waals surface area contributed by atoms with Gasteiger partial charge in [0.05, 0.1) is 15.6 Å². The van der Waals surface area contributed by atoms with Crippen LogP contribution in [0.5, 0.6) is 5.75 Å². The van der Waals surface area contributed by atoms with Crippen molar-refractivity contribution in [3.05, 3.63) is 80.3 Å². The van der Waals surface area contributed by atoms with Crippen molar-refractivity contribution in [2.45, 2.75) is 19.6 Å². The molecule has 8 heteroatoms. The molecule has 4 rings (SSSR count). The van der Waals surface area contributed by atoms with E-state index in [1.54, 1.807) is 6.08 Å². The minimum absolute atomic E-state index is 0.261. The summed E-state index contributed by atoms with van der Waals surface area (Å²) in [5, 5.41) is 1.86. The van der Waals surface area contributed by atoms with Gasteiger partial charge in [0.2, 0.25) is 0 Å². The third-order valence-corrected chi connectivity index (χ3v) is 6.94. The van der Waals surface area contributed by atoms with Gasteiger partial charge in [-0.3, -0.25) is 14.5 Å². The number of nitrogens with zero attached hydrogens (tertiary/aromatic N) is 1. The first-order chi connectivity index (χ1) is 15.9. The standard InChI is InChI=1S/C25H20INO5S/c1-15(24(29)31-2)27-23(28)22(33-25(27)30)13-16-8-10-21(20(26)12-16)32-14-17-7-9-18-5-3-4-6-19(18)11-17/h3-13,15H,14H2,1-2H3/b22-13+/t15-/m1/s1. The molecule has 1 heterocycles. The monoisotopic (exact) mass is 573 g/mol. The number of hydrogen-bond acceptors (Lipinski definition) is 6. The van der Waals surface area contributed by atoms with Gasteiger partial charge in [0.25, 0.3) is 11.1 Å². The molecule has 0 aliphatic carbocycles. The maximum Gasteiger partial charge on any atom is 0.328 e. The van der Waals surface area contributed by atoms with Crippen LogP contribution < -0.4 is 4.74 Å². The second-order valence-electron chi connectivity index (χ2n) is 7.41. The number of hydrogen-bond donors (Lipinski definition) is 0. The zero-order valence-electron chi connectivity index (χ0n) is 17.9. The van der Waals surface area contributed by atoms with Crippen LogP contribution in [-0.2, 0) is 20.9 Å². The molecule has 3 aromatic rings. The number of thioether (sulfide) groups is 1. The average Bonchev–Trinajstić information content (AvgIpc) is 3.09. The Bertz CT molecular complexity index is 1290. The molecule has 6 nitrogen and oxygen atoms in total. The maximum atomic E-state index is 12.7. The molecule has 3 aromatic carbocycles. The number of ether oxygens (including phenoxy) is 2. The van der Waals surface area contributed by atoms with Crippen LogP contribution in [0.15, 0.2) is 65.6 Å². The SMILES string of the molecule is COC(=O)[C@@H](C)N1C(=O)S/C(=C/c2ccc(OCc3ccc4ccccc4c3)c(I)c2)C1=O. The highest BCUT2D eigenvalue weighted by Crippen LogP contribution is 2.34. The van der Waals surface area contributed by atoms with Gasteiger partial charge < -0.3 is 9.47 Å². The zero-order valence-corrected chi connectivity index (χ0v) is 20.9. The summed E-state index contributed by atoms with van der Waals surface area (Å²) < 4.78 is 11.5. The van der Waals surface area contributed by atoms with Crippen molar-refractivity contribution in [1.82, 2.24) is 4.90 Å². The second-order valence-corrected chi connectivity index (χ2v) is 9.57. The summed E-state index contributed by atoms with van der Waals surface area (Å²) in [5.74, 6) is -0.413. The van der Waals surface area contributed by atoms with E-state index in [0.29, 0.717) is 6.61 Å². The van der Waals surface area contributed by atoms with Crippen molar-refractivity contribution in [2.75, 3.05) is 7.11 Å². The number of carbonyl (C=O) groups excluding carboxylic acids is 3. The van der Waals surface area contributed by atoms with Gasteiger partial charge in [-0.25, -0.2) is 4.79 Å². The largest absolute Gasteiger partial charge is 0.488 e. The number of carbonyl (C=O) groups is 3. The molecule has 168 valence electrons. The third-order valence-electron chi connectivity index (χ3n) is 5.22. The molecule has 1 aliphatic rings. The van der Waals surface area contributed by atoms with Crippen molar-refractivity contribution in [3.63, 3.8) is 0 Å². The Morgan fingerprint density at radius 1 is 1.09 bits per heavy atom. The predicted octanol–water partition coefficient (Wildman–Crippen LogP) is 5.62. The van der Waals surface area contributed by atoms with Crippen LogP contribution in [0.1, 0.15) is 18.1 Å². The van der Waals surface area contributed by atoms with Crippen LogP contribution in [0.4, 0.5) is 4.79 Å². The topological polar surface area (TPSA) is 72.9 Å². The van der Waals surface area contributed by atoms with Gasteiger partial charge in [-0.05, 0) is 87.5 Å². The van der Waals surface area contributed by atoms with Gasteiger partial charge in [-0.1, -0.05) is 42.5 Å². The summed E-state index contributed by atoms with van der Waals surface area (Å²) in [5.41, 5.74) is 1.83. The van der Waals surface area contributed by atoms with E-state index in [2.05, 4.69) is 57.7 Å². The van der Waals surface area contributed by atoms with Gasteiger partial charge in [-0.15, -0.1) is 0 Å². The number of methoxy groups -OCH3 is 1. The van der Waals surface area contributed by atoms with Crippen molar-refractivity contribution < 1.29 is 23.9 Å². The highest BCUT2D eigenvalue weighted by molar-refractivity contribution is 14.1. The minimum atomic E-state index is -0.973. The normalized spacial score (nSPS) is 15.8. The number of amides is 2. The molecule has 0 saturated carbocycles. The van der Waals surface area contributed by atoms with Crippen LogP contribution in [0.2, 0.25) is 0 Å². The predicted molar refractivity (Wildman–Crippen MR) is 137 cm³/mol. The molecule has 2 amide bonds. The number of imide groups is 1. The van der Waals surface area contributed by atoms with Crippen LogP contribution in [-0.4, -0.2) is 35.2 Å². The lowest BCUT2D eigenvalue weighted by atomic mass is 10.1. The molecule has 1 atom stereocenters. The van der Waals surface area contributed by atoms with E-state index in [1.165, 1.54) is 24.8 Å². The highest BCUT2D eigenvalue weighted by atomic mass is 127. The number of benzene rings is 3. The first-order valence-corrected chi connectivity index (χ1v) is 12.0. The van der Waals surface area contributed by atoms with Crippen molar-refractivity contribution in [1.29, 1.82) is 0 Å². The molecule has 0 aromatic heterocycles. The van der Waals surface area contributed by atoms with E-state index in [1.807, 2.05) is 30.3 Å². The molecule has 1 aliphatic heterocycles. The van der Waals surface area contributed by atoms with Crippen LogP contribution in [0.3, 0.4) is 0 Å². The fourth-order valence-electron chi connectivity index (χ4n) is 3.45. The molecular weight excluding hydrogens is 553 g/mol. The highest BCUT2D eigenvalue weighted by Gasteiger charge is 2.41. The van der Waals surface area contributed by atoms with Gasteiger partial charge in [0.1, 0.15) is 18.4 Å².